The Morgan fingerprint density at radius 2 is 2.56 bits per heavy atom. The third-order valence-electron chi connectivity index (χ3n) is 2.87. The highest BCUT2D eigenvalue weighted by molar-refractivity contribution is 5.78. The Hall–Kier alpha value is -1.36. The van der Waals surface area contributed by atoms with Crippen LogP contribution in [0.4, 0.5) is 0 Å². The first kappa shape index (κ1) is 11.1. The molecule has 1 N–H and O–H groups in total. The highest BCUT2D eigenvalue weighted by atomic mass is 16.5. The summed E-state index contributed by atoms with van der Waals surface area (Å²) in [6, 6.07) is 0. The van der Waals surface area contributed by atoms with E-state index in [1.807, 2.05) is 6.92 Å². The van der Waals surface area contributed by atoms with Crippen molar-refractivity contribution < 1.29 is 9.53 Å². The van der Waals surface area contributed by atoms with Crippen LogP contribution in [0.2, 0.25) is 0 Å². The molecule has 1 aromatic rings. The van der Waals surface area contributed by atoms with Crippen molar-refractivity contribution in [2.75, 3.05) is 13.7 Å². The van der Waals surface area contributed by atoms with Crippen LogP contribution >= 0.6 is 0 Å². The van der Waals surface area contributed by atoms with Crippen LogP contribution in [0.3, 0.4) is 0 Å². The number of carbonyl (C=O) groups is 1. The second-order valence-electron chi connectivity index (χ2n) is 4.31. The molecule has 0 radical (unpaired) electrons. The van der Waals surface area contributed by atoms with E-state index in [-0.39, 0.29) is 17.9 Å². The van der Waals surface area contributed by atoms with E-state index in [9.17, 15) is 4.79 Å². The average molecular weight is 223 g/mol. The number of hydrogen-bond acceptors (Lipinski definition) is 3. The first-order chi connectivity index (χ1) is 7.66. The molecular formula is C11H17N3O2. The van der Waals surface area contributed by atoms with E-state index in [1.54, 1.807) is 24.3 Å². The number of aromatic nitrogens is 2. The van der Waals surface area contributed by atoms with E-state index >= 15 is 0 Å². The summed E-state index contributed by atoms with van der Waals surface area (Å²) in [5, 5.41) is 0. The van der Waals surface area contributed by atoms with Gasteiger partial charge in [0.25, 0.3) is 0 Å². The fourth-order valence-electron chi connectivity index (χ4n) is 1.99. The van der Waals surface area contributed by atoms with Crippen LogP contribution in [0.5, 0.6) is 0 Å². The molecule has 16 heavy (non-hydrogen) atoms. The SMILES string of the molecule is CC1CC(C(=O)N(C)Cc2ncc[nH]2)CO1. The van der Waals surface area contributed by atoms with Gasteiger partial charge in [-0.3, -0.25) is 4.79 Å². The molecule has 2 atom stereocenters. The topological polar surface area (TPSA) is 58.2 Å². The van der Waals surface area contributed by atoms with Gasteiger partial charge in [0.15, 0.2) is 0 Å². The van der Waals surface area contributed by atoms with Gasteiger partial charge in [-0.05, 0) is 13.3 Å². The van der Waals surface area contributed by atoms with Crippen molar-refractivity contribution in [1.82, 2.24) is 14.9 Å². The molecule has 1 saturated heterocycles. The number of ether oxygens (including phenoxy) is 1. The normalized spacial score (nSPS) is 24.6. The Kier molecular flexibility index (Phi) is 3.24. The smallest absolute Gasteiger partial charge is 0.228 e. The maximum Gasteiger partial charge on any atom is 0.228 e. The zero-order valence-electron chi connectivity index (χ0n) is 9.64. The van der Waals surface area contributed by atoms with Crippen LogP contribution in [0.25, 0.3) is 0 Å². The molecule has 2 rings (SSSR count). The van der Waals surface area contributed by atoms with Crippen LogP contribution in [0.15, 0.2) is 12.4 Å². The lowest BCUT2D eigenvalue weighted by atomic mass is 10.1. The van der Waals surface area contributed by atoms with E-state index in [4.69, 9.17) is 4.74 Å². The van der Waals surface area contributed by atoms with Gasteiger partial charge >= 0.3 is 0 Å². The number of H-pyrrole nitrogens is 1. The molecule has 1 amide bonds. The predicted molar refractivity (Wildman–Crippen MR) is 58.6 cm³/mol. The maximum absolute atomic E-state index is 12.0. The van der Waals surface area contributed by atoms with Crippen molar-refractivity contribution in [3.8, 4) is 0 Å². The standard InChI is InChI=1S/C11H17N3O2/c1-8-5-9(7-16-8)11(15)14(2)6-10-12-3-4-13-10/h3-4,8-9H,5-7H2,1-2H3,(H,12,13). The van der Waals surface area contributed by atoms with Crippen LogP contribution < -0.4 is 0 Å². The van der Waals surface area contributed by atoms with Gasteiger partial charge in [0.05, 0.1) is 25.2 Å². The highest BCUT2D eigenvalue weighted by Gasteiger charge is 2.30. The molecule has 0 aromatic carbocycles. The van der Waals surface area contributed by atoms with Crippen LogP contribution in [0.1, 0.15) is 19.2 Å². The third-order valence-corrected chi connectivity index (χ3v) is 2.87. The van der Waals surface area contributed by atoms with Crippen LogP contribution in [-0.4, -0.2) is 40.5 Å². The van der Waals surface area contributed by atoms with E-state index in [2.05, 4.69) is 9.97 Å². The first-order valence-corrected chi connectivity index (χ1v) is 5.51. The molecule has 1 aromatic heterocycles. The molecule has 0 aliphatic carbocycles. The predicted octanol–water partition coefficient (Wildman–Crippen LogP) is 0.793. The van der Waals surface area contributed by atoms with Crippen molar-refractivity contribution >= 4 is 5.91 Å². The van der Waals surface area contributed by atoms with E-state index in [1.165, 1.54) is 0 Å². The molecule has 1 fully saturated rings. The van der Waals surface area contributed by atoms with E-state index in [0.717, 1.165) is 12.2 Å². The minimum absolute atomic E-state index is 0.00922. The van der Waals surface area contributed by atoms with Crippen molar-refractivity contribution in [3.05, 3.63) is 18.2 Å². The average Bonchev–Trinajstić information content (AvgIpc) is 2.88. The van der Waals surface area contributed by atoms with Crippen LogP contribution in [0, 0.1) is 5.92 Å². The minimum Gasteiger partial charge on any atom is -0.378 e. The van der Waals surface area contributed by atoms with Crippen molar-refractivity contribution in [1.29, 1.82) is 0 Å². The fourth-order valence-corrected chi connectivity index (χ4v) is 1.99. The zero-order valence-corrected chi connectivity index (χ0v) is 9.64. The summed E-state index contributed by atoms with van der Waals surface area (Å²) < 4.78 is 5.40. The fraction of sp³-hybridized carbons (Fsp3) is 0.636. The van der Waals surface area contributed by atoms with Gasteiger partial charge in [0.2, 0.25) is 5.91 Å². The molecule has 5 heteroatoms. The van der Waals surface area contributed by atoms with Gasteiger partial charge in [-0.15, -0.1) is 0 Å². The van der Waals surface area contributed by atoms with Crippen molar-refractivity contribution in [2.24, 2.45) is 5.92 Å². The number of rotatable bonds is 3. The Morgan fingerprint density at radius 1 is 1.75 bits per heavy atom. The molecule has 5 nitrogen and oxygen atoms in total. The van der Waals surface area contributed by atoms with E-state index in [0.29, 0.717) is 13.2 Å². The van der Waals surface area contributed by atoms with Gasteiger partial charge in [-0.2, -0.15) is 0 Å². The molecule has 1 aliphatic heterocycles. The minimum atomic E-state index is 0.00922. The lowest BCUT2D eigenvalue weighted by Crippen LogP contribution is -2.33. The summed E-state index contributed by atoms with van der Waals surface area (Å²) in [7, 11) is 1.80. The number of hydrogen-bond donors (Lipinski definition) is 1. The number of nitrogens with one attached hydrogen (secondary N) is 1. The molecular weight excluding hydrogens is 206 g/mol. The molecule has 88 valence electrons. The molecule has 2 heterocycles. The lowest BCUT2D eigenvalue weighted by molar-refractivity contribution is -0.134. The van der Waals surface area contributed by atoms with Gasteiger partial charge < -0.3 is 14.6 Å². The first-order valence-electron chi connectivity index (χ1n) is 5.51. The summed E-state index contributed by atoms with van der Waals surface area (Å²) >= 11 is 0. The summed E-state index contributed by atoms with van der Waals surface area (Å²) in [5.41, 5.74) is 0. The Labute approximate surface area is 94.8 Å². The van der Waals surface area contributed by atoms with Crippen molar-refractivity contribution in [3.63, 3.8) is 0 Å². The van der Waals surface area contributed by atoms with Gasteiger partial charge in [-0.1, -0.05) is 0 Å². The number of aromatic amines is 1. The molecule has 0 spiro atoms. The molecule has 2 unspecified atom stereocenters. The highest BCUT2D eigenvalue weighted by Crippen LogP contribution is 2.21. The lowest BCUT2D eigenvalue weighted by Gasteiger charge is -2.19. The van der Waals surface area contributed by atoms with Crippen LogP contribution in [-0.2, 0) is 16.1 Å². The Morgan fingerprint density at radius 3 is 3.12 bits per heavy atom. The second kappa shape index (κ2) is 4.65. The Balaban J connectivity index is 1.89. The van der Waals surface area contributed by atoms with Crippen molar-refractivity contribution in [2.45, 2.75) is 26.0 Å². The van der Waals surface area contributed by atoms with Gasteiger partial charge in [0.1, 0.15) is 5.82 Å². The summed E-state index contributed by atoms with van der Waals surface area (Å²) in [5.74, 6) is 0.957. The monoisotopic (exact) mass is 223 g/mol. The number of nitrogens with zero attached hydrogens (tertiary/aromatic N) is 2. The van der Waals surface area contributed by atoms with Gasteiger partial charge in [0, 0.05) is 19.4 Å². The molecule has 0 saturated carbocycles. The van der Waals surface area contributed by atoms with Gasteiger partial charge in [-0.25, -0.2) is 4.98 Å². The van der Waals surface area contributed by atoms with E-state index < -0.39 is 0 Å². The molecule has 1 aliphatic rings. The summed E-state index contributed by atoms with van der Waals surface area (Å²) in [6.07, 6.45) is 4.47. The summed E-state index contributed by atoms with van der Waals surface area (Å²) in [6.45, 7) is 3.07. The number of carbonyl (C=O) groups excluding carboxylic acids is 1. The number of imidazole rings is 1. The third kappa shape index (κ3) is 2.41. The summed E-state index contributed by atoms with van der Waals surface area (Å²) in [4.78, 5) is 20.8. The number of amides is 1. The largest absolute Gasteiger partial charge is 0.378 e. The zero-order chi connectivity index (χ0) is 11.5. The quantitative estimate of drug-likeness (QED) is 0.824. The maximum atomic E-state index is 12.0. The Bertz CT molecular complexity index is 350. The molecule has 0 bridgehead atoms. The second-order valence-corrected chi connectivity index (χ2v) is 4.31.